The molecule has 7 heteroatoms. The fourth-order valence-corrected chi connectivity index (χ4v) is 2.25. The summed E-state index contributed by atoms with van der Waals surface area (Å²) in [7, 11) is 1.56. The lowest BCUT2D eigenvalue weighted by atomic mass is 9.99. The van der Waals surface area contributed by atoms with Crippen LogP contribution in [0.15, 0.2) is 54.9 Å². The van der Waals surface area contributed by atoms with Crippen molar-refractivity contribution in [3.05, 3.63) is 66.0 Å². The molecule has 0 saturated heterocycles. The number of ether oxygens (including phenoxy) is 1. The van der Waals surface area contributed by atoms with Gasteiger partial charge >= 0.3 is 0 Å². The molecular formula is C17H23Cl2N3O2. The minimum Gasteiger partial charge on any atom is -0.380 e. The van der Waals surface area contributed by atoms with Crippen LogP contribution in [0.3, 0.4) is 0 Å². The molecule has 5 nitrogen and oxygen atoms in total. The van der Waals surface area contributed by atoms with Gasteiger partial charge in [0, 0.05) is 26.0 Å². The summed E-state index contributed by atoms with van der Waals surface area (Å²) in [6.45, 7) is 0.315. The number of halogens is 2. The van der Waals surface area contributed by atoms with Gasteiger partial charge in [0.1, 0.15) is 0 Å². The molecule has 1 aromatic heterocycles. The highest BCUT2D eigenvalue weighted by Gasteiger charge is 2.19. The third-order valence-corrected chi connectivity index (χ3v) is 3.49. The molecule has 2 unspecified atom stereocenters. The topological polar surface area (TPSA) is 77.2 Å². The molecule has 1 aromatic carbocycles. The van der Waals surface area contributed by atoms with Crippen molar-refractivity contribution in [2.75, 3.05) is 13.7 Å². The van der Waals surface area contributed by atoms with E-state index in [-0.39, 0.29) is 49.3 Å². The fraction of sp³-hybridized carbons (Fsp3) is 0.294. The van der Waals surface area contributed by atoms with Crippen LogP contribution in [0, 0.1) is 0 Å². The first-order valence-electron chi connectivity index (χ1n) is 7.21. The molecule has 0 bridgehead atoms. The van der Waals surface area contributed by atoms with Crippen LogP contribution in [0.25, 0.3) is 0 Å². The number of amides is 1. The largest absolute Gasteiger partial charge is 0.380 e. The zero-order valence-electron chi connectivity index (χ0n) is 13.4. The number of nitrogens with two attached hydrogens (primary N) is 1. The molecule has 132 valence electrons. The van der Waals surface area contributed by atoms with Crippen molar-refractivity contribution in [2.45, 2.75) is 18.6 Å². The minimum absolute atomic E-state index is 0. The maximum atomic E-state index is 12.3. The van der Waals surface area contributed by atoms with E-state index in [1.54, 1.807) is 19.5 Å². The number of nitrogens with zero attached hydrogens (tertiary/aromatic N) is 1. The number of rotatable bonds is 7. The van der Waals surface area contributed by atoms with Crippen molar-refractivity contribution < 1.29 is 9.53 Å². The number of carbonyl (C=O) groups excluding carboxylic acids is 1. The Morgan fingerprint density at radius 1 is 1.12 bits per heavy atom. The summed E-state index contributed by atoms with van der Waals surface area (Å²) in [5, 5.41) is 3.05. The van der Waals surface area contributed by atoms with Gasteiger partial charge in [-0.3, -0.25) is 9.78 Å². The zero-order valence-corrected chi connectivity index (χ0v) is 15.1. The smallest absolute Gasteiger partial charge is 0.223 e. The van der Waals surface area contributed by atoms with Gasteiger partial charge in [-0.1, -0.05) is 30.3 Å². The van der Waals surface area contributed by atoms with E-state index in [1.165, 1.54) is 0 Å². The second-order valence-electron chi connectivity index (χ2n) is 4.99. The summed E-state index contributed by atoms with van der Waals surface area (Å²) in [6.07, 6.45) is 3.40. The van der Waals surface area contributed by atoms with Crippen molar-refractivity contribution in [3.63, 3.8) is 0 Å². The first kappa shape index (κ1) is 22.3. The van der Waals surface area contributed by atoms with Crippen LogP contribution in [0.5, 0.6) is 0 Å². The molecule has 3 N–H and O–H groups in total. The minimum atomic E-state index is -0.270. The molecule has 24 heavy (non-hydrogen) atoms. The molecule has 0 radical (unpaired) electrons. The summed E-state index contributed by atoms with van der Waals surface area (Å²) < 4.78 is 5.17. The van der Waals surface area contributed by atoms with Crippen molar-refractivity contribution in [2.24, 2.45) is 5.73 Å². The van der Waals surface area contributed by atoms with Gasteiger partial charge in [0.15, 0.2) is 0 Å². The molecule has 0 spiro atoms. The van der Waals surface area contributed by atoms with E-state index >= 15 is 0 Å². The predicted octanol–water partition coefficient (Wildman–Crippen LogP) is 2.49. The standard InChI is InChI=1S/C17H21N3O2.2ClH/c1-22-15(12-18)11-16(21)20-17(13-5-3-2-4-6-13)14-7-9-19-10-8-14;;/h2-10,15,17H,11-12,18H2,1H3,(H,20,21);2*1H. The van der Waals surface area contributed by atoms with E-state index in [0.717, 1.165) is 11.1 Å². The first-order valence-corrected chi connectivity index (χ1v) is 7.21. The molecule has 2 rings (SSSR count). The number of benzene rings is 1. The van der Waals surface area contributed by atoms with Crippen LogP contribution in [0.4, 0.5) is 0 Å². The number of carbonyl (C=O) groups is 1. The number of nitrogens with one attached hydrogen (secondary N) is 1. The lowest BCUT2D eigenvalue weighted by Gasteiger charge is -2.21. The number of hydrogen-bond acceptors (Lipinski definition) is 4. The summed E-state index contributed by atoms with van der Waals surface area (Å²) in [6, 6.07) is 13.4. The maximum Gasteiger partial charge on any atom is 0.223 e. The predicted molar refractivity (Wildman–Crippen MR) is 99.6 cm³/mol. The summed E-state index contributed by atoms with van der Waals surface area (Å²) in [5.74, 6) is -0.0945. The molecule has 2 atom stereocenters. The third kappa shape index (κ3) is 6.45. The van der Waals surface area contributed by atoms with E-state index in [9.17, 15) is 4.79 Å². The van der Waals surface area contributed by atoms with Gasteiger partial charge in [-0.2, -0.15) is 0 Å². The number of pyridine rings is 1. The summed E-state index contributed by atoms with van der Waals surface area (Å²) >= 11 is 0. The van der Waals surface area contributed by atoms with Gasteiger partial charge in [-0.25, -0.2) is 0 Å². The van der Waals surface area contributed by atoms with Gasteiger partial charge in [0.2, 0.25) is 5.91 Å². The van der Waals surface area contributed by atoms with E-state index in [4.69, 9.17) is 10.5 Å². The Bertz CT molecular complexity index is 541. The molecular weight excluding hydrogens is 349 g/mol. The summed E-state index contributed by atoms with van der Waals surface area (Å²) in [4.78, 5) is 16.3. The van der Waals surface area contributed by atoms with Crippen molar-refractivity contribution in [1.82, 2.24) is 10.3 Å². The Hall–Kier alpha value is -1.66. The fourth-order valence-electron chi connectivity index (χ4n) is 2.25. The average molecular weight is 372 g/mol. The van der Waals surface area contributed by atoms with E-state index in [2.05, 4.69) is 10.3 Å². The normalized spacial score (nSPS) is 12.2. The first-order chi connectivity index (χ1) is 10.7. The highest BCUT2D eigenvalue weighted by molar-refractivity contribution is 5.85. The van der Waals surface area contributed by atoms with E-state index in [0.29, 0.717) is 6.54 Å². The lowest BCUT2D eigenvalue weighted by molar-refractivity contribution is -0.123. The molecule has 0 saturated carbocycles. The molecule has 1 amide bonds. The average Bonchev–Trinajstić information content (AvgIpc) is 2.59. The van der Waals surface area contributed by atoms with Crippen molar-refractivity contribution >= 4 is 30.7 Å². The number of methoxy groups -OCH3 is 1. The Morgan fingerprint density at radius 3 is 2.25 bits per heavy atom. The van der Waals surface area contributed by atoms with E-state index < -0.39 is 0 Å². The van der Waals surface area contributed by atoms with Gasteiger partial charge in [0.25, 0.3) is 0 Å². The monoisotopic (exact) mass is 371 g/mol. The molecule has 0 aliphatic heterocycles. The molecule has 1 heterocycles. The number of aromatic nitrogens is 1. The van der Waals surface area contributed by atoms with Crippen LogP contribution in [-0.4, -0.2) is 30.6 Å². The van der Waals surface area contributed by atoms with Crippen LogP contribution in [0.1, 0.15) is 23.6 Å². The highest BCUT2D eigenvalue weighted by atomic mass is 35.5. The van der Waals surface area contributed by atoms with E-state index in [1.807, 2.05) is 42.5 Å². The van der Waals surface area contributed by atoms with Crippen molar-refractivity contribution in [3.8, 4) is 0 Å². The lowest BCUT2D eigenvalue weighted by Crippen LogP contribution is -2.34. The Kier molecular flexibility index (Phi) is 11.0. The van der Waals surface area contributed by atoms with Crippen LogP contribution in [-0.2, 0) is 9.53 Å². The van der Waals surface area contributed by atoms with Gasteiger partial charge in [-0.15, -0.1) is 24.8 Å². The molecule has 0 fully saturated rings. The van der Waals surface area contributed by atoms with Gasteiger partial charge in [0.05, 0.1) is 18.6 Å². The SMILES string of the molecule is COC(CN)CC(=O)NC(c1ccccc1)c1ccncc1.Cl.Cl. The van der Waals surface area contributed by atoms with Crippen LogP contribution < -0.4 is 11.1 Å². The number of hydrogen-bond donors (Lipinski definition) is 2. The molecule has 0 aliphatic carbocycles. The molecule has 2 aromatic rings. The summed E-state index contributed by atoms with van der Waals surface area (Å²) in [5.41, 5.74) is 7.57. The van der Waals surface area contributed by atoms with Gasteiger partial charge < -0.3 is 15.8 Å². The third-order valence-electron chi connectivity index (χ3n) is 3.49. The Balaban J connectivity index is 0.00000264. The second kappa shape index (κ2) is 11.8. The highest BCUT2D eigenvalue weighted by Crippen LogP contribution is 2.21. The van der Waals surface area contributed by atoms with Crippen molar-refractivity contribution in [1.29, 1.82) is 0 Å². The zero-order chi connectivity index (χ0) is 15.8. The molecule has 0 aliphatic rings. The van der Waals surface area contributed by atoms with Crippen LogP contribution in [0.2, 0.25) is 0 Å². The van der Waals surface area contributed by atoms with Gasteiger partial charge in [-0.05, 0) is 23.3 Å². The quantitative estimate of drug-likeness (QED) is 0.783. The second-order valence-corrected chi connectivity index (χ2v) is 4.99. The van der Waals surface area contributed by atoms with Crippen LogP contribution >= 0.6 is 24.8 Å². The Morgan fingerprint density at radius 2 is 1.71 bits per heavy atom. The maximum absolute atomic E-state index is 12.3. The Labute approximate surface area is 154 Å².